The zero-order valence-electron chi connectivity index (χ0n) is 10.8. The lowest BCUT2D eigenvalue weighted by Gasteiger charge is -2.26. The van der Waals surface area contributed by atoms with Crippen molar-refractivity contribution < 1.29 is 4.79 Å². The van der Waals surface area contributed by atoms with Crippen LogP contribution in [-0.4, -0.2) is 30.0 Å². The summed E-state index contributed by atoms with van der Waals surface area (Å²) in [5.74, 6) is 0.0345. The van der Waals surface area contributed by atoms with Crippen molar-refractivity contribution in [3.63, 3.8) is 0 Å². The number of aromatic nitrogens is 1. The van der Waals surface area contributed by atoms with Crippen molar-refractivity contribution in [3.05, 3.63) is 30.1 Å². The van der Waals surface area contributed by atoms with Gasteiger partial charge in [0.1, 0.15) is 0 Å². The maximum absolute atomic E-state index is 11.5. The Kier molecular flexibility index (Phi) is 5.10. The van der Waals surface area contributed by atoms with Crippen LogP contribution in [0.15, 0.2) is 24.5 Å². The molecular formula is C13H21N3O. The Morgan fingerprint density at radius 3 is 2.59 bits per heavy atom. The lowest BCUT2D eigenvalue weighted by Crippen LogP contribution is -2.46. The van der Waals surface area contributed by atoms with Gasteiger partial charge in [0, 0.05) is 17.9 Å². The summed E-state index contributed by atoms with van der Waals surface area (Å²) in [5.41, 5.74) is 1.06. The highest BCUT2D eigenvalue weighted by Gasteiger charge is 2.19. The van der Waals surface area contributed by atoms with Crippen molar-refractivity contribution >= 4 is 5.91 Å². The number of pyridine rings is 1. The molecule has 0 aromatic carbocycles. The van der Waals surface area contributed by atoms with E-state index in [0.29, 0.717) is 6.54 Å². The molecule has 0 saturated carbocycles. The van der Waals surface area contributed by atoms with Gasteiger partial charge in [-0.2, -0.15) is 0 Å². The number of hydrogen-bond acceptors (Lipinski definition) is 3. The van der Waals surface area contributed by atoms with Gasteiger partial charge in [-0.1, -0.05) is 0 Å². The number of carbonyl (C=O) groups excluding carboxylic acids is 1. The van der Waals surface area contributed by atoms with Crippen LogP contribution in [0.25, 0.3) is 0 Å². The first-order valence-electron chi connectivity index (χ1n) is 5.88. The minimum atomic E-state index is -0.183. The summed E-state index contributed by atoms with van der Waals surface area (Å²) in [6, 6.07) is 4.01. The number of likely N-dealkylation sites (N-methyl/N-ethyl adjacent to an activating group) is 1. The van der Waals surface area contributed by atoms with Crippen LogP contribution in [0, 0.1) is 0 Å². The molecule has 1 aromatic heterocycles. The SMILES string of the molecule is CNCC(=O)NC(C)(C)CCc1ccncc1. The molecule has 4 nitrogen and oxygen atoms in total. The number of nitrogens with zero attached hydrogens (tertiary/aromatic N) is 1. The zero-order chi connectivity index (χ0) is 12.7. The second-order valence-corrected chi connectivity index (χ2v) is 4.82. The van der Waals surface area contributed by atoms with E-state index in [1.165, 1.54) is 5.56 Å². The summed E-state index contributed by atoms with van der Waals surface area (Å²) in [6.07, 6.45) is 5.44. The molecule has 0 unspecified atom stereocenters. The van der Waals surface area contributed by atoms with Crippen molar-refractivity contribution in [2.75, 3.05) is 13.6 Å². The Bertz CT molecular complexity index is 349. The monoisotopic (exact) mass is 235 g/mol. The first-order chi connectivity index (χ1) is 8.03. The van der Waals surface area contributed by atoms with Gasteiger partial charge in [-0.25, -0.2) is 0 Å². The fourth-order valence-corrected chi connectivity index (χ4v) is 1.65. The second-order valence-electron chi connectivity index (χ2n) is 4.82. The third kappa shape index (κ3) is 5.45. The third-order valence-electron chi connectivity index (χ3n) is 2.60. The molecule has 0 fully saturated rings. The first kappa shape index (κ1) is 13.6. The van der Waals surface area contributed by atoms with Crippen molar-refractivity contribution in [1.29, 1.82) is 0 Å². The summed E-state index contributed by atoms with van der Waals surface area (Å²) in [6.45, 7) is 4.45. The van der Waals surface area contributed by atoms with Crippen molar-refractivity contribution in [2.24, 2.45) is 0 Å². The van der Waals surface area contributed by atoms with Gasteiger partial charge in [0.15, 0.2) is 0 Å². The van der Waals surface area contributed by atoms with Gasteiger partial charge in [-0.15, -0.1) is 0 Å². The summed E-state index contributed by atoms with van der Waals surface area (Å²) in [4.78, 5) is 15.5. The van der Waals surface area contributed by atoms with E-state index in [1.807, 2.05) is 26.0 Å². The van der Waals surface area contributed by atoms with Crippen LogP contribution in [0.4, 0.5) is 0 Å². The molecule has 94 valence electrons. The Labute approximate surface area is 103 Å². The largest absolute Gasteiger partial charge is 0.350 e. The molecule has 0 spiro atoms. The Morgan fingerprint density at radius 1 is 1.35 bits per heavy atom. The molecule has 0 bridgehead atoms. The van der Waals surface area contributed by atoms with E-state index in [2.05, 4.69) is 15.6 Å². The molecule has 0 aliphatic rings. The van der Waals surface area contributed by atoms with Crippen LogP contribution in [0.1, 0.15) is 25.8 Å². The van der Waals surface area contributed by atoms with E-state index in [4.69, 9.17) is 0 Å². The lowest BCUT2D eigenvalue weighted by atomic mass is 9.95. The topological polar surface area (TPSA) is 54.0 Å². The van der Waals surface area contributed by atoms with Crippen molar-refractivity contribution in [1.82, 2.24) is 15.6 Å². The maximum atomic E-state index is 11.5. The number of aryl methyl sites for hydroxylation is 1. The quantitative estimate of drug-likeness (QED) is 0.777. The van der Waals surface area contributed by atoms with Gasteiger partial charge in [0.2, 0.25) is 5.91 Å². The maximum Gasteiger partial charge on any atom is 0.234 e. The highest BCUT2D eigenvalue weighted by atomic mass is 16.2. The van der Waals surface area contributed by atoms with E-state index < -0.39 is 0 Å². The molecule has 0 aliphatic carbocycles. The minimum absolute atomic E-state index is 0.0345. The molecule has 4 heteroatoms. The van der Waals surface area contributed by atoms with Gasteiger partial charge in [-0.05, 0) is 51.4 Å². The van der Waals surface area contributed by atoms with E-state index >= 15 is 0 Å². The van der Waals surface area contributed by atoms with Crippen molar-refractivity contribution in [2.45, 2.75) is 32.2 Å². The van der Waals surface area contributed by atoms with Gasteiger partial charge in [-0.3, -0.25) is 9.78 Å². The smallest absolute Gasteiger partial charge is 0.234 e. The van der Waals surface area contributed by atoms with Gasteiger partial charge in [0.25, 0.3) is 0 Å². The summed E-state index contributed by atoms with van der Waals surface area (Å²) in [7, 11) is 1.77. The van der Waals surface area contributed by atoms with Crippen LogP contribution in [0.3, 0.4) is 0 Å². The molecule has 1 amide bonds. The highest BCUT2D eigenvalue weighted by molar-refractivity contribution is 5.78. The first-order valence-corrected chi connectivity index (χ1v) is 5.88. The summed E-state index contributed by atoms with van der Waals surface area (Å²) < 4.78 is 0. The predicted octanol–water partition coefficient (Wildman–Crippen LogP) is 1.13. The zero-order valence-corrected chi connectivity index (χ0v) is 10.8. The minimum Gasteiger partial charge on any atom is -0.350 e. The fourth-order valence-electron chi connectivity index (χ4n) is 1.65. The summed E-state index contributed by atoms with van der Waals surface area (Å²) in [5, 5.41) is 5.85. The van der Waals surface area contributed by atoms with Crippen molar-refractivity contribution in [3.8, 4) is 0 Å². The number of rotatable bonds is 6. The normalized spacial score (nSPS) is 11.2. The van der Waals surface area contributed by atoms with Crippen LogP contribution >= 0.6 is 0 Å². The van der Waals surface area contributed by atoms with Crippen LogP contribution < -0.4 is 10.6 Å². The number of amides is 1. The number of carbonyl (C=O) groups is 1. The molecule has 1 aromatic rings. The average molecular weight is 235 g/mol. The third-order valence-corrected chi connectivity index (χ3v) is 2.60. The Balaban J connectivity index is 2.41. The summed E-state index contributed by atoms with van der Waals surface area (Å²) >= 11 is 0. The Hall–Kier alpha value is -1.42. The van der Waals surface area contributed by atoms with Crippen LogP contribution in [0.2, 0.25) is 0 Å². The van der Waals surface area contributed by atoms with E-state index in [9.17, 15) is 4.79 Å². The molecule has 0 radical (unpaired) electrons. The lowest BCUT2D eigenvalue weighted by molar-refractivity contribution is -0.121. The standard InChI is InChI=1S/C13H21N3O/c1-13(2,16-12(17)10-14-3)7-4-11-5-8-15-9-6-11/h5-6,8-9,14H,4,7,10H2,1-3H3,(H,16,17). The molecule has 0 atom stereocenters. The number of nitrogens with one attached hydrogen (secondary N) is 2. The number of hydrogen-bond donors (Lipinski definition) is 2. The average Bonchev–Trinajstić information content (AvgIpc) is 2.27. The molecule has 1 heterocycles. The Morgan fingerprint density at radius 2 is 2.00 bits per heavy atom. The van der Waals surface area contributed by atoms with Crippen LogP contribution in [-0.2, 0) is 11.2 Å². The molecular weight excluding hydrogens is 214 g/mol. The molecule has 17 heavy (non-hydrogen) atoms. The molecule has 1 rings (SSSR count). The van der Waals surface area contributed by atoms with E-state index in [1.54, 1.807) is 19.4 Å². The van der Waals surface area contributed by atoms with E-state index in [-0.39, 0.29) is 11.4 Å². The second kappa shape index (κ2) is 6.35. The molecule has 2 N–H and O–H groups in total. The van der Waals surface area contributed by atoms with E-state index in [0.717, 1.165) is 12.8 Å². The highest BCUT2D eigenvalue weighted by Crippen LogP contribution is 2.12. The fraction of sp³-hybridized carbons (Fsp3) is 0.538. The van der Waals surface area contributed by atoms with Gasteiger partial charge >= 0.3 is 0 Å². The van der Waals surface area contributed by atoms with Crippen LogP contribution in [0.5, 0.6) is 0 Å². The van der Waals surface area contributed by atoms with Gasteiger partial charge < -0.3 is 10.6 Å². The van der Waals surface area contributed by atoms with Gasteiger partial charge in [0.05, 0.1) is 6.54 Å². The molecule has 0 aliphatic heterocycles. The molecule has 0 saturated heterocycles. The predicted molar refractivity (Wildman–Crippen MR) is 68.7 cm³/mol.